The smallest absolute Gasteiger partial charge is 0.261 e. The standard InChI is InChI=1S/C12H16F2N2O2/c13-11(14)8-18-7-3-6-12(17)16-10-5-2-1-4-9(10)15/h1-2,4-5,11H,3,6-8,15H2,(H,16,17). The molecule has 0 heterocycles. The van der Waals surface area contributed by atoms with Crippen LogP contribution in [0.15, 0.2) is 24.3 Å². The van der Waals surface area contributed by atoms with E-state index in [1.54, 1.807) is 24.3 Å². The number of halogens is 2. The van der Waals surface area contributed by atoms with E-state index in [1.807, 2.05) is 0 Å². The maximum absolute atomic E-state index is 11.7. The van der Waals surface area contributed by atoms with Gasteiger partial charge in [0.2, 0.25) is 5.91 Å². The van der Waals surface area contributed by atoms with Crippen LogP contribution in [-0.2, 0) is 9.53 Å². The van der Waals surface area contributed by atoms with Crippen LogP contribution >= 0.6 is 0 Å². The molecule has 0 unspecified atom stereocenters. The lowest BCUT2D eigenvalue weighted by Gasteiger charge is -2.07. The first-order chi connectivity index (χ1) is 8.59. The third-order valence-corrected chi connectivity index (χ3v) is 2.17. The van der Waals surface area contributed by atoms with Crippen molar-refractivity contribution in [1.82, 2.24) is 0 Å². The van der Waals surface area contributed by atoms with Crippen LogP contribution in [0.2, 0.25) is 0 Å². The van der Waals surface area contributed by atoms with Gasteiger partial charge in [0.05, 0.1) is 11.4 Å². The Balaban J connectivity index is 2.20. The van der Waals surface area contributed by atoms with Gasteiger partial charge in [0, 0.05) is 13.0 Å². The fraction of sp³-hybridized carbons (Fsp3) is 0.417. The highest BCUT2D eigenvalue weighted by molar-refractivity contribution is 5.93. The van der Waals surface area contributed by atoms with Crippen molar-refractivity contribution in [2.75, 3.05) is 24.3 Å². The van der Waals surface area contributed by atoms with Crippen molar-refractivity contribution in [2.24, 2.45) is 0 Å². The van der Waals surface area contributed by atoms with Gasteiger partial charge in [0.1, 0.15) is 6.61 Å². The van der Waals surface area contributed by atoms with E-state index in [0.717, 1.165) is 0 Å². The monoisotopic (exact) mass is 258 g/mol. The van der Waals surface area contributed by atoms with Crippen LogP contribution in [0.25, 0.3) is 0 Å². The van der Waals surface area contributed by atoms with Crippen LogP contribution in [0.5, 0.6) is 0 Å². The molecule has 0 atom stereocenters. The van der Waals surface area contributed by atoms with Gasteiger partial charge in [-0.05, 0) is 18.6 Å². The average molecular weight is 258 g/mol. The summed E-state index contributed by atoms with van der Waals surface area (Å²) in [7, 11) is 0. The Labute approximate surface area is 104 Å². The van der Waals surface area contributed by atoms with Crippen molar-refractivity contribution in [3.05, 3.63) is 24.3 Å². The van der Waals surface area contributed by atoms with Crippen molar-refractivity contribution >= 4 is 17.3 Å². The van der Waals surface area contributed by atoms with Crippen molar-refractivity contribution in [2.45, 2.75) is 19.3 Å². The second-order valence-electron chi connectivity index (χ2n) is 3.70. The average Bonchev–Trinajstić information content (AvgIpc) is 2.31. The lowest BCUT2D eigenvalue weighted by molar-refractivity contribution is -0.116. The summed E-state index contributed by atoms with van der Waals surface area (Å²) >= 11 is 0. The van der Waals surface area contributed by atoms with Crippen molar-refractivity contribution in [3.63, 3.8) is 0 Å². The Hall–Kier alpha value is -1.69. The zero-order valence-corrected chi connectivity index (χ0v) is 9.86. The number of hydrogen-bond donors (Lipinski definition) is 2. The van der Waals surface area contributed by atoms with Crippen LogP contribution in [0.1, 0.15) is 12.8 Å². The summed E-state index contributed by atoms with van der Waals surface area (Å²) in [5.41, 5.74) is 6.69. The Kier molecular flexibility index (Phi) is 6.07. The Morgan fingerprint density at radius 3 is 2.78 bits per heavy atom. The van der Waals surface area contributed by atoms with E-state index in [2.05, 4.69) is 10.1 Å². The van der Waals surface area contributed by atoms with Gasteiger partial charge in [-0.25, -0.2) is 8.78 Å². The van der Waals surface area contributed by atoms with Crippen molar-refractivity contribution < 1.29 is 18.3 Å². The number of ether oxygens (including phenoxy) is 1. The molecule has 3 N–H and O–H groups in total. The molecule has 0 bridgehead atoms. The fourth-order valence-corrected chi connectivity index (χ4v) is 1.33. The summed E-state index contributed by atoms with van der Waals surface area (Å²) in [4.78, 5) is 11.5. The van der Waals surface area contributed by atoms with Gasteiger partial charge in [0.25, 0.3) is 6.43 Å². The highest BCUT2D eigenvalue weighted by atomic mass is 19.3. The Morgan fingerprint density at radius 1 is 1.39 bits per heavy atom. The van der Waals surface area contributed by atoms with E-state index in [4.69, 9.17) is 5.73 Å². The van der Waals surface area contributed by atoms with E-state index >= 15 is 0 Å². The Bertz CT molecular complexity index is 386. The number of anilines is 2. The molecule has 0 spiro atoms. The zero-order valence-electron chi connectivity index (χ0n) is 9.86. The largest absolute Gasteiger partial charge is 0.397 e. The van der Waals surface area contributed by atoms with Gasteiger partial charge in [-0.3, -0.25) is 4.79 Å². The van der Waals surface area contributed by atoms with Gasteiger partial charge in [-0.1, -0.05) is 12.1 Å². The van der Waals surface area contributed by atoms with Crippen LogP contribution in [-0.4, -0.2) is 25.5 Å². The second kappa shape index (κ2) is 7.60. The molecule has 0 fully saturated rings. The first-order valence-corrected chi connectivity index (χ1v) is 5.60. The van der Waals surface area contributed by atoms with Crippen LogP contribution < -0.4 is 11.1 Å². The first kappa shape index (κ1) is 14.4. The van der Waals surface area contributed by atoms with Crippen LogP contribution in [0, 0.1) is 0 Å². The van der Waals surface area contributed by atoms with Crippen LogP contribution in [0.4, 0.5) is 20.2 Å². The molecular weight excluding hydrogens is 242 g/mol. The lowest BCUT2D eigenvalue weighted by Crippen LogP contribution is -2.14. The second-order valence-corrected chi connectivity index (χ2v) is 3.70. The number of nitrogens with two attached hydrogens (primary N) is 1. The van der Waals surface area contributed by atoms with Crippen molar-refractivity contribution in [3.8, 4) is 0 Å². The highest BCUT2D eigenvalue weighted by Crippen LogP contribution is 2.16. The summed E-state index contributed by atoms with van der Waals surface area (Å²) in [5, 5.41) is 2.64. The molecule has 0 saturated carbocycles. The summed E-state index contributed by atoms with van der Waals surface area (Å²) in [5.74, 6) is -0.214. The maximum atomic E-state index is 11.7. The van der Waals surface area contributed by atoms with Gasteiger partial charge in [-0.2, -0.15) is 0 Å². The third-order valence-electron chi connectivity index (χ3n) is 2.17. The minimum atomic E-state index is -2.47. The summed E-state index contributed by atoms with van der Waals surface area (Å²) in [6.45, 7) is -0.449. The lowest BCUT2D eigenvalue weighted by atomic mass is 10.2. The van der Waals surface area contributed by atoms with Gasteiger partial charge in [0.15, 0.2) is 0 Å². The molecule has 1 amide bonds. The number of nitrogens with one attached hydrogen (secondary N) is 1. The summed E-state index contributed by atoms with van der Waals surface area (Å²) in [6.07, 6.45) is -1.87. The van der Waals surface area contributed by atoms with Gasteiger partial charge < -0.3 is 15.8 Å². The molecule has 0 aliphatic carbocycles. The predicted octanol–water partition coefficient (Wildman–Crippen LogP) is 2.27. The molecule has 1 aromatic rings. The number of carbonyl (C=O) groups is 1. The SMILES string of the molecule is Nc1ccccc1NC(=O)CCCOCC(F)F. The maximum Gasteiger partial charge on any atom is 0.261 e. The molecule has 1 rings (SSSR count). The molecule has 0 radical (unpaired) electrons. The minimum Gasteiger partial charge on any atom is -0.397 e. The Morgan fingerprint density at radius 2 is 2.11 bits per heavy atom. The van der Waals surface area contributed by atoms with E-state index in [0.29, 0.717) is 17.8 Å². The molecule has 0 aromatic heterocycles. The molecular formula is C12H16F2N2O2. The molecule has 1 aromatic carbocycles. The number of nitrogen functional groups attached to an aromatic ring is 1. The molecule has 18 heavy (non-hydrogen) atoms. The summed E-state index contributed by atoms with van der Waals surface area (Å²) < 4.78 is 28.1. The first-order valence-electron chi connectivity index (χ1n) is 5.60. The fourth-order valence-electron chi connectivity index (χ4n) is 1.33. The number of hydrogen-bond acceptors (Lipinski definition) is 3. The quantitative estimate of drug-likeness (QED) is 0.582. The normalized spacial score (nSPS) is 10.6. The van der Waals surface area contributed by atoms with E-state index in [-0.39, 0.29) is 18.9 Å². The number of benzene rings is 1. The van der Waals surface area contributed by atoms with E-state index < -0.39 is 13.0 Å². The summed E-state index contributed by atoms with van der Waals surface area (Å²) in [6, 6.07) is 6.91. The molecule has 4 nitrogen and oxygen atoms in total. The number of carbonyl (C=O) groups excluding carboxylic acids is 1. The number of alkyl halides is 2. The van der Waals surface area contributed by atoms with Crippen LogP contribution in [0.3, 0.4) is 0 Å². The number of para-hydroxylation sites is 2. The minimum absolute atomic E-state index is 0.141. The predicted molar refractivity (Wildman–Crippen MR) is 65.5 cm³/mol. The topological polar surface area (TPSA) is 64.3 Å². The molecule has 0 aliphatic rings. The molecule has 0 saturated heterocycles. The number of rotatable bonds is 7. The third kappa shape index (κ3) is 5.58. The molecule has 6 heteroatoms. The van der Waals surface area contributed by atoms with Crippen molar-refractivity contribution in [1.29, 1.82) is 0 Å². The molecule has 100 valence electrons. The molecule has 0 aliphatic heterocycles. The highest BCUT2D eigenvalue weighted by Gasteiger charge is 2.05. The number of amides is 1. The van der Waals surface area contributed by atoms with Gasteiger partial charge >= 0.3 is 0 Å². The van der Waals surface area contributed by atoms with Gasteiger partial charge in [-0.15, -0.1) is 0 Å². The van der Waals surface area contributed by atoms with E-state index in [1.165, 1.54) is 0 Å². The van der Waals surface area contributed by atoms with E-state index in [9.17, 15) is 13.6 Å². The zero-order chi connectivity index (χ0) is 13.4.